The quantitative estimate of drug-likeness (QED) is 0.515. The van der Waals surface area contributed by atoms with E-state index in [1.807, 2.05) is 65.1 Å². The molecule has 1 amide bonds. The van der Waals surface area contributed by atoms with Gasteiger partial charge in [0, 0.05) is 53.6 Å². The Hall–Kier alpha value is -3.06. The highest BCUT2D eigenvalue weighted by molar-refractivity contribution is 7.13. The molecule has 1 atom stereocenters. The molecule has 5 rings (SSSR count). The minimum Gasteiger partial charge on any atom is -0.337 e. The number of piperidine rings is 1. The molecule has 1 saturated heterocycles. The molecule has 0 aromatic carbocycles. The summed E-state index contributed by atoms with van der Waals surface area (Å²) in [6.07, 6.45) is 7.57. The zero-order valence-electron chi connectivity index (χ0n) is 16.2. The SMILES string of the molecule is Cc1ccc(C(=O)N2CCCC(c3nc4ccc(-c5cccnc5)cn4n3)C2)s1. The summed E-state index contributed by atoms with van der Waals surface area (Å²) in [4.78, 5) is 25.7. The number of amides is 1. The smallest absolute Gasteiger partial charge is 0.263 e. The normalized spacial score (nSPS) is 17.0. The number of hydrogen-bond donors (Lipinski definition) is 0. The van der Waals surface area contributed by atoms with Crippen molar-refractivity contribution in [2.45, 2.75) is 25.7 Å². The minimum absolute atomic E-state index is 0.121. The average Bonchev–Trinajstić information content (AvgIpc) is 3.39. The molecule has 1 aliphatic heterocycles. The highest BCUT2D eigenvalue weighted by Gasteiger charge is 2.28. The van der Waals surface area contributed by atoms with E-state index in [1.54, 1.807) is 17.5 Å². The molecule has 1 unspecified atom stereocenters. The van der Waals surface area contributed by atoms with Crippen LogP contribution in [0.4, 0.5) is 0 Å². The van der Waals surface area contributed by atoms with Gasteiger partial charge < -0.3 is 4.90 Å². The lowest BCUT2D eigenvalue weighted by molar-refractivity contribution is 0.0709. The third-order valence-electron chi connectivity index (χ3n) is 5.37. The lowest BCUT2D eigenvalue weighted by Crippen LogP contribution is -2.39. The zero-order chi connectivity index (χ0) is 19.8. The standard InChI is InChI=1S/C22H21N5OS/c1-15-6-8-19(29-15)22(28)26-11-3-5-18(13-26)21-24-20-9-7-17(14-27(20)25-21)16-4-2-10-23-12-16/h2,4,6-10,12,14,18H,3,5,11,13H2,1H3. The van der Waals surface area contributed by atoms with Gasteiger partial charge >= 0.3 is 0 Å². The van der Waals surface area contributed by atoms with E-state index >= 15 is 0 Å². The van der Waals surface area contributed by atoms with Gasteiger partial charge in [0.15, 0.2) is 11.5 Å². The predicted octanol–water partition coefficient (Wildman–Crippen LogP) is 4.18. The van der Waals surface area contributed by atoms with Gasteiger partial charge in [0.2, 0.25) is 0 Å². The molecule has 0 N–H and O–H groups in total. The monoisotopic (exact) mass is 403 g/mol. The number of fused-ring (bicyclic) bond motifs is 1. The predicted molar refractivity (Wildman–Crippen MR) is 113 cm³/mol. The number of carbonyl (C=O) groups is 1. The van der Waals surface area contributed by atoms with Crippen LogP contribution in [0.15, 0.2) is 55.0 Å². The van der Waals surface area contributed by atoms with Gasteiger partial charge in [-0.15, -0.1) is 11.3 Å². The topological polar surface area (TPSA) is 63.4 Å². The minimum atomic E-state index is 0.121. The van der Waals surface area contributed by atoms with Gasteiger partial charge in [-0.25, -0.2) is 9.50 Å². The molecule has 0 radical (unpaired) electrons. The van der Waals surface area contributed by atoms with Gasteiger partial charge in [-0.2, -0.15) is 5.10 Å². The fourth-order valence-corrected chi connectivity index (χ4v) is 4.69. The van der Waals surface area contributed by atoms with Crippen LogP contribution in [0.3, 0.4) is 0 Å². The molecule has 7 heteroatoms. The molecule has 6 nitrogen and oxygen atoms in total. The van der Waals surface area contributed by atoms with E-state index in [4.69, 9.17) is 10.1 Å². The number of aromatic nitrogens is 4. The van der Waals surface area contributed by atoms with Crippen molar-refractivity contribution in [1.82, 2.24) is 24.5 Å². The maximum atomic E-state index is 12.8. The highest BCUT2D eigenvalue weighted by atomic mass is 32.1. The number of carbonyl (C=O) groups excluding carboxylic acids is 1. The molecule has 29 heavy (non-hydrogen) atoms. The fraction of sp³-hybridized carbons (Fsp3) is 0.273. The maximum absolute atomic E-state index is 12.8. The van der Waals surface area contributed by atoms with Crippen LogP contribution in [0.5, 0.6) is 0 Å². The van der Waals surface area contributed by atoms with E-state index in [2.05, 4.69) is 4.98 Å². The van der Waals surface area contributed by atoms with Gasteiger partial charge in [-0.1, -0.05) is 6.07 Å². The number of likely N-dealkylation sites (tertiary alicyclic amines) is 1. The number of nitrogens with zero attached hydrogens (tertiary/aromatic N) is 5. The van der Waals surface area contributed by atoms with Crippen LogP contribution in [-0.2, 0) is 0 Å². The van der Waals surface area contributed by atoms with Crippen molar-refractivity contribution in [3.05, 3.63) is 70.6 Å². The fourth-order valence-electron chi connectivity index (χ4n) is 3.86. The number of aryl methyl sites for hydroxylation is 1. The molecule has 0 aliphatic carbocycles. The van der Waals surface area contributed by atoms with E-state index in [1.165, 1.54) is 0 Å². The van der Waals surface area contributed by atoms with Crippen LogP contribution in [0.25, 0.3) is 16.8 Å². The Morgan fingerprint density at radius 3 is 2.90 bits per heavy atom. The Bertz CT molecular complexity index is 1170. The van der Waals surface area contributed by atoms with Crippen LogP contribution in [0.2, 0.25) is 0 Å². The highest BCUT2D eigenvalue weighted by Crippen LogP contribution is 2.28. The van der Waals surface area contributed by atoms with Crippen LogP contribution in [0, 0.1) is 6.92 Å². The molecular weight excluding hydrogens is 382 g/mol. The van der Waals surface area contributed by atoms with Gasteiger partial charge in [0.25, 0.3) is 5.91 Å². The van der Waals surface area contributed by atoms with Crippen LogP contribution in [0.1, 0.15) is 39.1 Å². The summed E-state index contributed by atoms with van der Waals surface area (Å²) in [6.45, 7) is 3.49. The number of rotatable bonds is 3. The number of hydrogen-bond acceptors (Lipinski definition) is 5. The zero-order valence-corrected chi connectivity index (χ0v) is 17.0. The summed E-state index contributed by atoms with van der Waals surface area (Å²) < 4.78 is 1.83. The van der Waals surface area contributed by atoms with Crippen LogP contribution in [-0.4, -0.2) is 43.5 Å². The van der Waals surface area contributed by atoms with E-state index in [9.17, 15) is 4.79 Å². The first kappa shape index (κ1) is 18.0. The van der Waals surface area contributed by atoms with Crippen molar-refractivity contribution < 1.29 is 4.79 Å². The first-order valence-electron chi connectivity index (χ1n) is 9.80. The second kappa shape index (κ2) is 7.40. The summed E-state index contributed by atoms with van der Waals surface area (Å²) >= 11 is 1.56. The Labute approximate surface area is 172 Å². The first-order valence-corrected chi connectivity index (χ1v) is 10.6. The van der Waals surface area contributed by atoms with E-state index < -0.39 is 0 Å². The third-order valence-corrected chi connectivity index (χ3v) is 6.36. The van der Waals surface area contributed by atoms with Crippen molar-refractivity contribution in [2.24, 2.45) is 0 Å². The number of thiophene rings is 1. The molecule has 5 heterocycles. The van der Waals surface area contributed by atoms with Crippen molar-refractivity contribution in [1.29, 1.82) is 0 Å². The number of pyridine rings is 2. The molecule has 0 bridgehead atoms. The summed E-state index contributed by atoms with van der Waals surface area (Å²) in [5.74, 6) is 1.10. The average molecular weight is 404 g/mol. The van der Waals surface area contributed by atoms with E-state index in [0.29, 0.717) is 6.54 Å². The Balaban J connectivity index is 1.39. The largest absolute Gasteiger partial charge is 0.337 e. The third kappa shape index (κ3) is 3.53. The summed E-state index contributed by atoms with van der Waals surface area (Å²) in [7, 11) is 0. The molecule has 146 valence electrons. The van der Waals surface area contributed by atoms with Gasteiger partial charge in [-0.3, -0.25) is 9.78 Å². The van der Waals surface area contributed by atoms with Gasteiger partial charge in [0.05, 0.1) is 4.88 Å². The van der Waals surface area contributed by atoms with E-state index in [-0.39, 0.29) is 11.8 Å². The van der Waals surface area contributed by atoms with Gasteiger partial charge in [0.1, 0.15) is 0 Å². The maximum Gasteiger partial charge on any atom is 0.263 e. The second-order valence-electron chi connectivity index (χ2n) is 7.43. The van der Waals surface area contributed by atoms with Crippen molar-refractivity contribution in [2.75, 3.05) is 13.1 Å². The molecule has 1 aliphatic rings. The summed E-state index contributed by atoms with van der Waals surface area (Å²) in [6, 6.07) is 11.9. The van der Waals surface area contributed by atoms with Crippen molar-refractivity contribution >= 4 is 22.9 Å². The second-order valence-corrected chi connectivity index (χ2v) is 8.72. The van der Waals surface area contributed by atoms with Crippen LogP contribution >= 0.6 is 11.3 Å². The Morgan fingerprint density at radius 2 is 2.10 bits per heavy atom. The summed E-state index contributed by atoms with van der Waals surface area (Å²) in [5.41, 5.74) is 2.92. The van der Waals surface area contributed by atoms with Crippen molar-refractivity contribution in [3.8, 4) is 11.1 Å². The summed E-state index contributed by atoms with van der Waals surface area (Å²) in [5, 5.41) is 4.74. The van der Waals surface area contributed by atoms with Crippen LogP contribution < -0.4 is 0 Å². The molecular formula is C22H21N5OS. The lowest BCUT2D eigenvalue weighted by atomic mass is 9.97. The molecule has 4 aromatic rings. The van der Waals surface area contributed by atoms with Gasteiger partial charge in [-0.05, 0) is 50.1 Å². The first-order chi connectivity index (χ1) is 14.2. The Kier molecular flexibility index (Phi) is 4.60. The molecule has 0 spiro atoms. The van der Waals surface area contributed by atoms with E-state index in [0.717, 1.165) is 51.7 Å². The molecule has 1 fully saturated rings. The lowest BCUT2D eigenvalue weighted by Gasteiger charge is -2.31. The molecule has 4 aromatic heterocycles. The molecule has 0 saturated carbocycles. The van der Waals surface area contributed by atoms with Crippen molar-refractivity contribution in [3.63, 3.8) is 0 Å². The Morgan fingerprint density at radius 1 is 1.17 bits per heavy atom.